The molecule has 1 heterocycles. The lowest BCUT2D eigenvalue weighted by Gasteiger charge is -2.07. The Morgan fingerprint density at radius 2 is 1.81 bits per heavy atom. The van der Waals surface area contributed by atoms with Crippen molar-refractivity contribution in [3.05, 3.63) is 48.2 Å². The van der Waals surface area contributed by atoms with Crippen LogP contribution in [0, 0.1) is 0 Å². The van der Waals surface area contributed by atoms with Crippen LogP contribution in [0.2, 0.25) is 0 Å². The molecule has 0 atom stereocenters. The lowest BCUT2D eigenvalue weighted by Crippen LogP contribution is -1.96. The second kappa shape index (κ2) is 3.20. The van der Waals surface area contributed by atoms with Crippen LogP contribution in [-0.4, -0.2) is 10.9 Å². The van der Waals surface area contributed by atoms with E-state index in [1.807, 2.05) is 42.1 Å². The summed E-state index contributed by atoms with van der Waals surface area (Å²) in [5, 5.41) is 2.19. The molecule has 3 rings (SSSR count). The van der Waals surface area contributed by atoms with Crippen LogP contribution in [0.1, 0.15) is 10.4 Å². The predicted molar refractivity (Wildman–Crippen MR) is 64.9 cm³/mol. The second-order valence-corrected chi connectivity index (χ2v) is 3.96. The van der Waals surface area contributed by atoms with Crippen molar-refractivity contribution in [3.8, 4) is 11.3 Å². The van der Waals surface area contributed by atoms with Gasteiger partial charge in [-0.15, -0.1) is 0 Å². The molecular weight excluding hydrogens is 198 g/mol. The van der Waals surface area contributed by atoms with E-state index in [-0.39, 0.29) is 0 Å². The molecule has 1 aromatic carbocycles. The second-order valence-electron chi connectivity index (χ2n) is 3.96. The third kappa shape index (κ3) is 1.04. The lowest BCUT2D eigenvalue weighted by atomic mass is 10.1. The van der Waals surface area contributed by atoms with Crippen molar-refractivity contribution in [3.63, 3.8) is 0 Å². The Morgan fingerprint density at radius 1 is 1.06 bits per heavy atom. The van der Waals surface area contributed by atoms with Crippen LogP contribution in [0.15, 0.2) is 42.6 Å². The Bertz CT molecular complexity index is 651. The van der Waals surface area contributed by atoms with Crippen molar-refractivity contribution < 1.29 is 4.79 Å². The van der Waals surface area contributed by atoms with Crippen LogP contribution in [0.4, 0.5) is 0 Å². The van der Waals surface area contributed by atoms with Crippen LogP contribution in [0.5, 0.6) is 0 Å². The smallest absolute Gasteiger partial charge is 0.152 e. The van der Waals surface area contributed by atoms with E-state index in [9.17, 15) is 4.79 Å². The van der Waals surface area contributed by atoms with Gasteiger partial charge in [0.25, 0.3) is 0 Å². The summed E-state index contributed by atoms with van der Waals surface area (Å²) < 4.78 is 2.00. The number of benzene rings is 1. The monoisotopic (exact) mass is 209 g/mol. The van der Waals surface area contributed by atoms with E-state index in [2.05, 4.69) is 12.1 Å². The van der Waals surface area contributed by atoms with Crippen LogP contribution in [0.25, 0.3) is 22.0 Å². The van der Waals surface area contributed by atoms with Crippen LogP contribution < -0.4 is 0 Å². The quantitative estimate of drug-likeness (QED) is 0.564. The van der Waals surface area contributed by atoms with Gasteiger partial charge in [0.15, 0.2) is 6.29 Å². The van der Waals surface area contributed by atoms with Crippen LogP contribution >= 0.6 is 0 Å². The summed E-state index contributed by atoms with van der Waals surface area (Å²) >= 11 is 0. The summed E-state index contributed by atoms with van der Waals surface area (Å²) in [5.41, 5.74) is 2.94. The zero-order chi connectivity index (χ0) is 11.1. The van der Waals surface area contributed by atoms with Crippen molar-refractivity contribution in [2.45, 2.75) is 0 Å². The molecule has 2 heteroatoms. The van der Waals surface area contributed by atoms with Gasteiger partial charge in [-0.05, 0) is 16.8 Å². The van der Waals surface area contributed by atoms with Gasteiger partial charge in [-0.1, -0.05) is 30.3 Å². The Labute approximate surface area is 93.5 Å². The van der Waals surface area contributed by atoms with E-state index in [4.69, 9.17) is 0 Å². The molecule has 1 aliphatic heterocycles. The number of rotatable bonds is 1. The zero-order valence-corrected chi connectivity index (χ0v) is 8.97. The summed E-state index contributed by atoms with van der Waals surface area (Å²) in [7, 11) is 1.97. The van der Waals surface area contributed by atoms with Crippen LogP contribution in [0.3, 0.4) is 0 Å². The van der Waals surface area contributed by atoms with Gasteiger partial charge < -0.3 is 4.57 Å². The molecule has 1 aromatic rings. The number of aromatic nitrogens is 1. The molecule has 0 amide bonds. The fraction of sp³-hybridized carbons (Fsp3) is 0.0714. The van der Waals surface area contributed by atoms with Gasteiger partial charge in [-0.25, -0.2) is 0 Å². The SMILES string of the molecule is Cn1cccc2c3ccccc3c(C=O)c1-2. The van der Waals surface area contributed by atoms with E-state index >= 15 is 0 Å². The number of pyridine rings is 1. The number of carbonyl (C=O) groups excluding carboxylic acids is 1. The molecule has 0 unspecified atom stereocenters. The number of hydrogen-bond donors (Lipinski definition) is 0. The minimum absolute atomic E-state index is 0.786. The minimum Gasteiger partial charge on any atom is -0.350 e. The molecule has 0 aromatic heterocycles. The molecule has 1 aliphatic carbocycles. The molecule has 0 radical (unpaired) electrons. The molecule has 2 nitrogen and oxygen atoms in total. The first-order chi connectivity index (χ1) is 7.83. The first kappa shape index (κ1) is 9.16. The number of aldehydes is 1. The molecule has 0 fully saturated rings. The number of aryl methyl sites for hydroxylation is 1. The highest BCUT2D eigenvalue weighted by Crippen LogP contribution is 2.37. The van der Waals surface area contributed by atoms with E-state index in [1.54, 1.807) is 0 Å². The van der Waals surface area contributed by atoms with Crippen molar-refractivity contribution in [1.29, 1.82) is 0 Å². The van der Waals surface area contributed by atoms with Crippen molar-refractivity contribution in [1.82, 2.24) is 4.57 Å². The molecule has 0 bridgehead atoms. The van der Waals surface area contributed by atoms with E-state index in [0.717, 1.165) is 33.9 Å². The fourth-order valence-corrected chi connectivity index (χ4v) is 2.36. The van der Waals surface area contributed by atoms with Gasteiger partial charge in [0.05, 0.1) is 5.69 Å². The van der Waals surface area contributed by atoms with E-state index in [1.165, 1.54) is 0 Å². The van der Waals surface area contributed by atoms with Crippen LogP contribution in [-0.2, 0) is 7.05 Å². The average Bonchev–Trinajstić information content (AvgIpc) is 2.65. The van der Waals surface area contributed by atoms with Gasteiger partial charge in [-0.2, -0.15) is 0 Å². The van der Waals surface area contributed by atoms with E-state index < -0.39 is 0 Å². The summed E-state index contributed by atoms with van der Waals surface area (Å²) in [6, 6.07) is 12.1. The highest BCUT2D eigenvalue weighted by Gasteiger charge is 2.17. The number of fused-ring (bicyclic) bond motifs is 3. The van der Waals surface area contributed by atoms with Crippen molar-refractivity contribution in [2.24, 2.45) is 7.05 Å². The molecule has 0 N–H and O–H groups in total. The maximum absolute atomic E-state index is 11.2. The average molecular weight is 209 g/mol. The van der Waals surface area contributed by atoms with Gasteiger partial charge in [0.2, 0.25) is 0 Å². The topological polar surface area (TPSA) is 22.0 Å². The molecule has 2 aliphatic rings. The van der Waals surface area contributed by atoms with Crippen molar-refractivity contribution in [2.75, 3.05) is 0 Å². The maximum Gasteiger partial charge on any atom is 0.152 e. The highest BCUT2D eigenvalue weighted by molar-refractivity contribution is 6.13. The first-order valence-corrected chi connectivity index (χ1v) is 5.24. The van der Waals surface area contributed by atoms with Gasteiger partial charge >= 0.3 is 0 Å². The van der Waals surface area contributed by atoms with Gasteiger partial charge in [0.1, 0.15) is 0 Å². The van der Waals surface area contributed by atoms with Gasteiger partial charge in [-0.3, -0.25) is 4.79 Å². The molecule has 78 valence electrons. The Kier molecular flexibility index (Phi) is 1.83. The predicted octanol–water partition coefficient (Wildman–Crippen LogP) is 3.10. The molecule has 16 heavy (non-hydrogen) atoms. The summed E-state index contributed by atoms with van der Waals surface area (Å²) in [5.74, 6) is 0. The highest BCUT2D eigenvalue weighted by atomic mass is 16.1. The Balaban J connectivity index is 2.61. The largest absolute Gasteiger partial charge is 0.350 e. The normalized spacial score (nSPS) is 11.1. The Hall–Kier alpha value is -2.09. The van der Waals surface area contributed by atoms with E-state index in [0.29, 0.717) is 0 Å². The molecule has 0 spiro atoms. The summed E-state index contributed by atoms with van der Waals surface area (Å²) in [6.07, 6.45) is 2.92. The summed E-state index contributed by atoms with van der Waals surface area (Å²) in [6.45, 7) is 0. The first-order valence-electron chi connectivity index (χ1n) is 5.24. The molecular formula is C14H11NO. The fourth-order valence-electron chi connectivity index (χ4n) is 2.36. The zero-order valence-electron chi connectivity index (χ0n) is 8.97. The molecule has 0 saturated heterocycles. The summed E-state index contributed by atoms with van der Waals surface area (Å²) in [4.78, 5) is 11.2. The number of carbonyl (C=O) groups is 1. The number of hydrogen-bond acceptors (Lipinski definition) is 1. The number of nitrogens with zero attached hydrogens (tertiary/aromatic N) is 1. The molecule has 0 saturated carbocycles. The lowest BCUT2D eigenvalue weighted by molar-refractivity contribution is 0.112. The maximum atomic E-state index is 11.2. The standard InChI is InChI=1S/C14H11NO/c1-15-8-4-7-12-10-5-2-3-6-11(10)13(9-16)14(12)15/h2-9H,1H3. The van der Waals surface area contributed by atoms with Crippen molar-refractivity contribution >= 4 is 17.1 Å². The minimum atomic E-state index is 0.786. The Morgan fingerprint density at radius 3 is 2.56 bits per heavy atom. The third-order valence-electron chi connectivity index (χ3n) is 3.06. The third-order valence-corrected chi connectivity index (χ3v) is 3.06. The van der Waals surface area contributed by atoms with Gasteiger partial charge in [0, 0.05) is 24.4 Å².